The summed E-state index contributed by atoms with van der Waals surface area (Å²) < 4.78 is 5.44. The van der Waals surface area contributed by atoms with Crippen LogP contribution in [-0.2, 0) is 9.53 Å². The number of carbonyl (C=O) groups is 1. The lowest BCUT2D eigenvalue weighted by Gasteiger charge is -2.08. The fourth-order valence-corrected chi connectivity index (χ4v) is 1.83. The average molecular weight is 264 g/mol. The third-order valence-corrected chi connectivity index (χ3v) is 2.91. The van der Waals surface area contributed by atoms with E-state index in [1.807, 2.05) is 0 Å². The van der Waals surface area contributed by atoms with Crippen LogP contribution in [0.5, 0.6) is 0 Å². The van der Waals surface area contributed by atoms with Gasteiger partial charge in [0.05, 0.1) is 6.10 Å². The van der Waals surface area contributed by atoms with Crippen LogP contribution in [0.25, 0.3) is 0 Å². The lowest BCUT2D eigenvalue weighted by atomic mass is 10.1. The van der Waals surface area contributed by atoms with Crippen LogP contribution in [0.15, 0.2) is 0 Å². The Hall–Kier alpha value is -0.0900. The topological polar surface area (TPSA) is 38.3 Å². The zero-order valence-electron chi connectivity index (χ0n) is 8.43. The normalized spacial score (nSPS) is 21.1. The van der Waals surface area contributed by atoms with Crippen molar-refractivity contribution >= 4 is 21.8 Å². The number of rotatable bonds is 6. The minimum Gasteiger partial charge on any atom is -0.378 e. The summed E-state index contributed by atoms with van der Waals surface area (Å²) in [5.74, 6) is 0.154. The zero-order chi connectivity index (χ0) is 10.2. The number of carbonyl (C=O) groups excluding carboxylic acids is 1. The molecule has 0 saturated carbocycles. The highest BCUT2D eigenvalue weighted by Crippen LogP contribution is 2.16. The molecule has 0 radical (unpaired) electrons. The van der Waals surface area contributed by atoms with Crippen molar-refractivity contribution in [1.82, 2.24) is 5.32 Å². The maximum absolute atomic E-state index is 11.3. The number of hydrogen-bond acceptors (Lipinski definition) is 2. The minimum atomic E-state index is 0.154. The highest BCUT2D eigenvalue weighted by molar-refractivity contribution is 9.09. The van der Waals surface area contributed by atoms with Crippen LogP contribution in [0, 0.1) is 0 Å². The molecule has 0 aromatic rings. The van der Waals surface area contributed by atoms with E-state index in [0.29, 0.717) is 12.5 Å². The first-order valence-electron chi connectivity index (χ1n) is 5.27. The van der Waals surface area contributed by atoms with Gasteiger partial charge >= 0.3 is 0 Å². The van der Waals surface area contributed by atoms with Gasteiger partial charge in [0.2, 0.25) is 5.91 Å². The van der Waals surface area contributed by atoms with E-state index >= 15 is 0 Å². The standard InChI is InChI=1S/C10H18BrNO2/c11-6-2-7-12-10(13)5-4-9-3-1-8-14-9/h9H,1-8H2,(H,12,13). The zero-order valence-corrected chi connectivity index (χ0v) is 10.0. The van der Waals surface area contributed by atoms with Crippen LogP contribution in [0.3, 0.4) is 0 Å². The number of hydrogen-bond donors (Lipinski definition) is 1. The molecule has 1 atom stereocenters. The van der Waals surface area contributed by atoms with Crippen molar-refractivity contribution in [2.45, 2.75) is 38.2 Å². The molecule has 0 aromatic carbocycles. The number of halogens is 1. The smallest absolute Gasteiger partial charge is 0.220 e. The molecule has 1 unspecified atom stereocenters. The summed E-state index contributed by atoms with van der Waals surface area (Å²) >= 11 is 3.32. The summed E-state index contributed by atoms with van der Waals surface area (Å²) in [6, 6.07) is 0. The molecule has 1 fully saturated rings. The van der Waals surface area contributed by atoms with Gasteiger partial charge in [-0.1, -0.05) is 15.9 Å². The van der Waals surface area contributed by atoms with Gasteiger partial charge in [0.1, 0.15) is 0 Å². The maximum atomic E-state index is 11.3. The van der Waals surface area contributed by atoms with Crippen LogP contribution >= 0.6 is 15.9 Å². The third kappa shape index (κ3) is 4.96. The molecule has 0 aromatic heterocycles. The van der Waals surface area contributed by atoms with Crippen LogP contribution < -0.4 is 5.32 Å². The van der Waals surface area contributed by atoms with E-state index in [1.165, 1.54) is 0 Å². The van der Waals surface area contributed by atoms with Crippen molar-refractivity contribution in [3.63, 3.8) is 0 Å². The third-order valence-electron chi connectivity index (χ3n) is 2.35. The fourth-order valence-electron chi connectivity index (χ4n) is 1.55. The van der Waals surface area contributed by atoms with E-state index in [1.54, 1.807) is 0 Å². The average Bonchev–Trinajstić information content (AvgIpc) is 2.68. The molecule has 1 saturated heterocycles. The summed E-state index contributed by atoms with van der Waals surface area (Å²) in [5.41, 5.74) is 0. The second-order valence-corrected chi connectivity index (χ2v) is 4.36. The van der Waals surface area contributed by atoms with Gasteiger partial charge in [0.15, 0.2) is 0 Å². The predicted octanol–water partition coefficient (Wildman–Crippen LogP) is 1.85. The van der Waals surface area contributed by atoms with E-state index in [0.717, 1.165) is 44.2 Å². The summed E-state index contributed by atoms with van der Waals surface area (Å²) in [7, 11) is 0. The molecule has 14 heavy (non-hydrogen) atoms. The molecular weight excluding hydrogens is 246 g/mol. The maximum Gasteiger partial charge on any atom is 0.220 e. The Labute approximate surface area is 93.7 Å². The molecule has 3 nitrogen and oxygen atoms in total. The van der Waals surface area contributed by atoms with Crippen molar-refractivity contribution in [2.75, 3.05) is 18.5 Å². The Kier molecular flexibility index (Phi) is 6.19. The summed E-state index contributed by atoms with van der Waals surface area (Å²) in [4.78, 5) is 11.3. The van der Waals surface area contributed by atoms with Crippen LogP contribution in [-0.4, -0.2) is 30.5 Å². The molecule has 0 bridgehead atoms. The fraction of sp³-hybridized carbons (Fsp3) is 0.900. The van der Waals surface area contributed by atoms with Crippen molar-refractivity contribution in [3.05, 3.63) is 0 Å². The van der Waals surface area contributed by atoms with E-state index in [2.05, 4.69) is 21.2 Å². The molecule has 0 aliphatic carbocycles. The lowest BCUT2D eigenvalue weighted by molar-refractivity contribution is -0.121. The van der Waals surface area contributed by atoms with Crippen molar-refractivity contribution in [2.24, 2.45) is 0 Å². The Morgan fingerprint density at radius 1 is 1.57 bits per heavy atom. The van der Waals surface area contributed by atoms with Crippen molar-refractivity contribution < 1.29 is 9.53 Å². The molecule has 4 heteroatoms. The number of ether oxygens (including phenoxy) is 1. The highest BCUT2D eigenvalue weighted by atomic mass is 79.9. The largest absolute Gasteiger partial charge is 0.378 e. The molecule has 1 heterocycles. The molecule has 1 aliphatic heterocycles. The molecule has 1 aliphatic rings. The van der Waals surface area contributed by atoms with Crippen molar-refractivity contribution in [3.8, 4) is 0 Å². The second-order valence-electron chi connectivity index (χ2n) is 3.57. The molecular formula is C10H18BrNO2. The van der Waals surface area contributed by atoms with Gasteiger partial charge in [-0.2, -0.15) is 0 Å². The summed E-state index contributed by atoms with van der Waals surface area (Å²) in [6.07, 6.45) is 5.07. The predicted molar refractivity (Wildman–Crippen MR) is 59.6 cm³/mol. The molecule has 1 N–H and O–H groups in total. The first kappa shape index (κ1) is 12.0. The van der Waals surface area contributed by atoms with Gasteiger partial charge in [-0.3, -0.25) is 4.79 Å². The Morgan fingerprint density at radius 2 is 2.43 bits per heavy atom. The van der Waals surface area contributed by atoms with Gasteiger partial charge in [-0.05, 0) is 25.7 Å². The number of amides is 1. The summed E-state index contributed by atoms with van der Waals surface area (Å²) in [5, 5.41) is 3.83. The first-order valence-corrected chi connectivity index (χ1v) is 6.39. The Bertz CT molecular complexity index is 170. The minimum absolute atomic E-state index is 0.154. The van der Waals surface area contributed by atoms with Gasteiger partial charge in [-0.15, -0.1) is 0 Å². The molecule has 1 rings (SSSR count). The monoisotopic (exact) mass is 263 g/mol. The van der Waals surface area contributed by atoms with Gasteiger partial charge in [-0.25, -0.2) is 0 Å². The van der Waals surface area contributed by atoms with Gasteiger partial charge in [0, 0.05) is 24.9 Å². The van der Waals surface area contributed by atoms with Crippen LogP contribution in [0.2, 0.25) is 0 Å². The van der Waals surface area contributed by atoms with Crippen LogP contribution in [0.4, 0.5) is 0 Å². The van der Waals surface area contributed by atoms with Crippen LogP contribution in [0.1, 0.15) is 32.1 Å². The van der Waals surface area contributed by atoms with Gasteiger partial charge < -0.3 is 10.1 Å². The molecule has 0 spiro atoms. The Morgan fingerprint density at radius 3 is 3.07 bits per heavy atom. The van der Waals surface area contributed by atoms with E-state index in [9.17, 15) is 4.79 Å². The number of nitrogens with one attached hydrogen (secondary N) is 1. The SMILES string of the molecule is O=C(CCC1CCCO1)NCCCBr. The Balaban J connectivity index is 1.96. The molecule has 1 amide bonds. The first-order chi connectivity index (χ1) is 6.83. The molecule has 82 valence electrons. The lowest BCUT2D eigenvalue weighted by Crippen LogP contribution is -2.25. The number of alkyl halides is 1. The summed E-state index contributed by atoms with van der Waals surface area (Å²) in [6.45, 7) is 1.64. The van der Waals surface area contributed by atoms with Crippen molar-refractivity contribution in [1.29, 1.82) is 0 Å². The van der Waals surface area contributed by atoms with Gasteiger partial charge in [0.25, 0.3) is 0 Å². The van der Waals surface area contributed by atoms with E-state index in [-0.39, 0.29) is 5.91 Å². The quantitative estimate of drug-likeness (QED) is 0.587. The van der Waals surface area contributed by atoms with E-state index < -0.39 is 0 Å². The highest BCUT2D eigenvalue weighted by Gasteiger charge is 2.16. The van der Waals surface area contributed by atoms with E-state index in [4.69, 9.17) is 4.74 Å². The second kappa shape index (κ2) is 7.23.